The zero-order valence-electron chi connectivity index (χ0n) is 9.61. The van der Waals surface area contributed by atoms with Crippen LogP contribution in [0.5, 0.6) is 0 Å². The van der Waals surface area contributed by atoms with Crippen molar-refractivity contribution in [3.05, 3.63) is 12.2 Å². The number of aliphatic carboxylic acids is 1. The largest absolute Gasteiger partial charge is 0.481 e. The second-order valence-corrected chi connectivity index (χ2v) is 4.19. The molecule has 0 fully saturated rings. The van der Waals surface area contributed by atoms with E-state index in [1.807, 2.05) is 13.0 Å². The number of carboxylic acids is 1. The van der Waals surface area contributed by atoms with Crippen molar-refractivity contribution in [3.8, 4) is 0 Å². The molecule has 0 aromatic rings. The van der Waals surface area contributed by atoms with Crippen LogP contribution in [-0.4, -0.2) is 23.0 Å². The maximum Gasteiger partial charge on any atom is 0.305 e. The summed E-state index contributed by atoms with van der Waals surface area (Å²) in [5.41, 5.74) is 0. The van der Waals surface area contributed by atoms with Crippen LogP contribution in [-0.2, 0) is 9.59 Å². The van der Waals surface area contributed by atoms with Gasteiger partial charge in [0.1, 0.15) is 0 Å². The molecule has 1 aliphatic carbocycles. The van der Waals surface area contributed by atoms with E-state index in [0.29, 0.717) is 6.42 Å². The fourth-order valence-electron chi connectivity index (χ4n) is 1.86. The average molecular weight is 225 g/mol. The van der Waals surface area contributed by atoms with Gasteiger partial charge in [0.05, 0.1) is 6.42 Å². The molecule has 4 heteroatoms. The molecule has 2 N–H and O–H groups in total. The molecule has 1 aliphatic rings. The van der Waals surface area contributed by atoms with Gasteiger partial charge in [-0.2, -0.15) is 0 Å². The molecule has 0 radical (unpaired) electrons. The predicted molar refractivity (Wildman–Crippen MR) is 61.0 cm³/mol. The van der Waals surface area contributed by atoms with E-state index in [1.54, 1.807) is 0 Å². The quantitative estimate of drug-likeness (QED) is 0.700. The van der Waals surface area contributed by atoms with E-state index >= 15 is 0 Å². The molecule has 0 bridgehead atoms. The predicted octanol–water partition coefficient (Wildman–Crippen LogP) is 1.71. The Hall–Kier alpha value is -1.32. The van der Waals surface area contributed by atoms with E-state index in [9.17, 15) is 9.59 Å². The SMILES string of the molecule is CCC(CC(=O)O)NC(=O)C1CC=CCC1. The summed E-state index contributed by atoms with van der Waals surface area (Å²) >= 11 is 0. The molecular formula is C12H19NO3. The van der Waals surface area contributed by atoms with Crippen LogP contribution in [0.2, 0.25) is 0 Å². The summed E-state index contributed by atoms with van der Waals surface area (Å²) < 4.78 is 0. The molecule has 1 amide bonds. The fourth-order valence-corrected chi connectivity index (χ4v) is 1.86. The second kappa shape index (κ2) is 6.30. The normalized spacial score (nSPS) is 21.4. The van der Waals surface area contributed by atoms with E-state index in [2.05, 4.69) is 11.4 Å². The summed E-state index contributed by atoms with van der Waals surface area (Å²) in [7, 11) is 0. The van der Waals surface area contributed by atoms with Crippen molar-refractivity contribution >= 4 is 11.9 Å². The summed E-state index contributed by atoms with van der Waals surface area (Å²) in [6, 6.07) is -0.240. The van der Waals surface area contributed by atoms with Crippen LogP contribution in [0.15, 0.2) is 12.2 Å². The van der Waals surface area contributed by atoms with Crippen molar-refractivity contribution in [2.75, 3.05) is 0 Å². The van der Waals surface area contributed by atoms with Gasteiger partial charge in [0.25, 0.3) is 0 Å². The standard InChI is InChI=1S/C12H19NO3/c1-2-10(8-11(14)15)13-12(16)9-6-4-3-5-7-9/h3-4,9-10H,2,5-8H2,1H3,(H,13,16)(H,14,15). The molecule has 2 unspecified atom stereocenters. The summed E-state index contributed by atoms with van der Waals surface area (Å²) in [6.45, 7) is 1.88. The van der Waals surface area contributed by atoms with E-state index in [-0.39, 0.29) is 24.3 Å². The molecule has 0 saturated carbocycles. The molecule has 0 aromatic carbocycles. The minimum Gasteiger partial charge on any atom is -0.481 e. The van der Waals surface area contributed by atoms with Gasteiger partial charge in [-0.15, -0.1) is 0 Å². The van der Waals surface area contributed by atoms with E-state index in [4.69, 9.17) is 5.11 Å². The summed E-state index contributed by atoms with van der Waals surface area (Å²) in [4.78, 5) is 22.4. The lowest BCUT2D eigenvalue weighted by Gasteiger charge is -2.21. The van der Waals surface area contributed by atoms with Crippen LogP contribution < -0.4 is 5.32 Å². The van der Waals surface area contributed by atoms with Gasteiger partial charge in [-0.25, -0.2) is 0 Å². The van der Waals surface area contributed by atoms with Crippen LogP contribution in [0.3, 0.4) is 0 Å². The average Bonchev–Trinajstić information content (AvgIpc) is 2.28. The van der Waals surface area contributed by atoms with Gasteiger partial charge in [-0.05, 0) is 25.7 Å². The Labute approximate surface area is 95.7 Å². The van der Waals surface area contributed by atoms with Gasteiger partial charge in [0.2, 0.25) is 5.91 Å². The molecule has 0 aliphatic heterocycles. The first-order valence-electron chi connectivity index (χ1n) is 5.80. The molecule has 0 heterocycles. The Kier molecular flexibility index (Phi) is 5.02. The van der Waals surface area contributed by atoms with Crippen molar-refractivity contribution in [2.24, 2.45) is 5.92 Å². The van der Waals surface area contributed by atoms with Crippen molar-refractivity contribution in [1.29, 1.82) is 0 Å². The van der Waals surface area contributed by atoms with E-state index in [1.165, 1.54) is 0 Å². The lowest BCUT2D eigenvalue weighted by molar-refractivity contribution is -0.137. The first-order chi connectivity index (χ1) is 7.63. The number of amides is 1. The van der Waals surface area contributed by atoms with E-state index in [0.717, 1.165) is 19.3 Å². The smallest absolute Gasteiger partial charge is 0.305 e. The van der Waals surface area contributed by atoms with Gasteiger partial charge in [0, 0.05) is 12.0 Å². The van der Waals surface area contributed by atoms with Crippen LogP contribution in [0, 0.1) is 5.92 Å². The van der Waals surface area contributed by atoms with E-state index < -0.39 is 5.97 Å². The van der Waals surface area contributed by atoms with Gasteiger partial charge in [-0.1, -0.05) is 19.1 Å². The molecule has 0 saturated heterocycles. The highest BCUT2D eigenvalue weighted by atomic mass is 16.4. The first-order valence-corrected chi connectivity index (χ1v) is 5.80. The first kappa shape index (κ1) is 12.7. The topological polar surface area (TPSA) is 66.4 Å². The summed E-state index contributed by atoms with van der Waals surface area (Å²) in [6.07, 6.45) is 7.34. The molecule has 16 heavy (non-hydrogen) atoms. The van der Waals surface area contributed by atoms with Crippen LogP contribution in [0.4, 0.5) is 0 Å². The molecular weight excluding hydrogens is 206 g/mol. The van der Waals surface area contributed by atoms with Gasteiger partial charge >= 0.3 is 5.97 Å². The lowest BCUT2D eigenvalue weighted by atomic mass is 9.93. The summed E-state index contributed by atoms with van der Waals surface area (Å²) in [5, 5.41) is 11.5. The number of rotatable bonds is 5. The third kappa shape index (κ3) is 4.04. The third-order valence-corrected chi connectivity index (χ3v) is 2.90. The van der Waals surface area contributed by atoms with Crippen LogP contribution in [0.25, 0.3) is 0 Å². The highest BCUT2D eigenvalue weighted by molar-refractivity contribution is 5.80. The third-order valence-electron chi connectivity index (χ3n) is 2.90. The minimum absolute atomic E-state index is 0.00236. The summed E-state index contributed by atoms with van der Waals surface area (Å²) in [5.74, 6) is -0.846. The molecule has 90 valence electrons. The number of carbonyl (C=O) groups excluding carboxylic acids is 1. The lowest BCUT2D eigenvalue weighted by Crippen LogP contribution is -2.40. The van der Waals surface area contributed by atoms with Crippen LogP contribution >= 0.6 is 0 Å². The zero-order chi connectivity index (χ0) is 12.0. The maximum absolute atomic E-state index is 11.8. The van der Waals surface area contributed by atoms with Gasteiger partial charge in [0.15, 0.2) is 0 Å². The Morgan fingerprint density at radius 3 is 2.75 bits per heavy atom. The van der Waals surface area contributed by atoms with Crippen LogP contribution in [0.1, 0.15) is 39.0 Å². The van der Waals surface area contributed by atoms with Gasteiger partial charge in [-0.3, -0.25) is 9.59 Å². The Morgan fingerprint density at radius 1 is 1.50 bits per heavy atom. The number of nitrogens with one attached hydrogen (secondary N) is 1. The zero-order valence-corrected chi connectivity index (χ0v) is 9.61. The van der Waals surface area contributed by atoms with Crippen molar-refractivity contribution in [1.82, 2.24) is 5.32 Å². The number of hydrogen-bond acceptors (Lipinski definition) is 2. The Balaban J connectivity index is 2.41. The van der Waals surface area contributed by atoms with Crippen molar-refractivity contribution < 1.29 is 14.7 Å². The minimum atomic E-state index is -0.865. The number of carboxylic acid groups (broad SMARTS) is 1. The number of carbonyl (C=O) groups is 2. The molecule has 0 aromatic heterocycles. The Bertz CT molecular complexity index is 286. The monoisotopic (exact) mass is 225 g/mol. The highest BCUT2D eigenvalue weighted by Crippen LogP contribution is 2.18. The maximum atomic E-state index is 11.8. The van der Waals surface area contributed by atoms with Crippen molar-refractivity contribution in [3.63, 3.8) is 0 Å². The number of hydrogen-bond donors (Lipinski definition) is 2. The molecule has 4 nitrogen and oxygen atoms in total. The molecule has 0 spiro atoms. The highest BCUT2D eigenvalue weighted by Gasteiger charge is 2.21. The fraction of sp³-hybridized carbons (Fsp3) is 0.667. The molecule has 1 rings (SSSR count). The van der Waals surface area contributed by atoms with Gasteiger partial charge < -0.3 is 10.4 Å². The van der Waals surface area contributed by atoms with Crippen molar-refractivity contribution in [2.45, 2.75) is 45.1 Å². The number of allylic oxidation sites excluding steroid dienone is 2. The Morgan fingerprint density at radius 2 is 2.25 bits per heavy atom. The molecule has 2 atom stereocenters. The second-order valence-electron chi connectivity index (χ2n) is 4.19.